The summed E-state index contributed by atoms with van der Waals surface area (Å²) in [5.74, 6) is -0.455. The molecule has 0 saturated heterocycles. The van der Waals surface area contributed by atoms with Gasteiger partial charge in [0.15, 0.2) is 6.54 Å². The van der Waals surface area contributed by atoms with Crippen LogP contribution in [0.4, 0.5) is 18.9 Å². The van der Waals surface area contributed by atoms with E-state index in [1.807, 2.05) is 19.2 Å². The van der Waals surface area contributed by atoms with E-state index in [2.05, 4.69) is 17.4 Å². The summed E-state index contributed by atoms with van der Waals surface area (Å²) in [4.78, 5) is 13.4. The van der Waals surface area contributed by atoms with Gasteiger partial charge in [-0.3, -0.25) is 4.79 Å². The van der Waals surface area contributed by atoms with Gasteiger partial charge < -0.3 is 10.2 Å². The number of rotatable bonds is 4. The molecule has 0 aliphatic heterocycles. The molecule has 2 atom stereocenters. The Morgan fingerprint density at radius 1 is 1.26 bits per heavy atom. The molecule has 1 amide bonds. The molecule has 2 aromatic rings. The molecule has 0 radical (unpaired) electrons. The summed E-state index contributed by atoms with van der Waals surface area (Å²) in [6.45, 7) is 0.0823. The number of fused-ring (bicyclic) bond motifs is 1. The molecule has 0 bridgehead atoms. The fourth-order valence-electron chi connectivity index (χ4n) is 3.70. The zero-order chi connectivity index (χ0) is 19.6. The van der Waals surface area contributed by atoms with E-state index < -0.39 is 17.6 Å². The molecule has 2 aromatic carbocycles. The van der Waals surface area contributed by atoms with Crippen LogP contribution in [0.2, 0.25) is 5.02 Å². The molecule has 0 spiro atoms. The SMILES string of the molecule is C[NH+](CC(=O)Nc1ccc(Cl)cc1C(F)(F)F)[C@@H]1CCCc2ccccc21. The first-order valence-corrected chi connectivity index (χ1v) is 9.20. The van der Waals surface area contributed by atoms with E-state index in [9.17, 15) is 18.0 Å². The number of carbonyl (C=O) groups is 1. The maximum absolute atomic E-state index is 13.2. The minimum absolute atomic E-state index is 0.0260. The first kappa shape index (κ1) is 19.7. The van der Waals surface area contributed by atoms with E-state index in [1.54, 1.807) is 0 Å². The van der Waals surface area contributed by atoms with Crippen LogP contribution in [0.25, 0.3) is 0 Å². The smallest absolute Gasteiger partial charge is 0.323 e. The highest BCUT2D eigenvalue weighted by atomic mass is 35.5. The van der Waals surface area contributed by atoms with Gasteiger partial charge in [0.1, 0.15) is 6.04 Å². The highest BCUT2D eigenvalue weighted by molar-refractivity contribution is 6.30. The van der Waals surface area contributed by atoms with Gasteiger partial charge in [-0.05, 0) is 36.6 Å². The number of likely N-dealkylation sites (N-methyl/N-ethyl adjacent to an activating group) is 1. The molecule has 7 heteroatoms. The fraction of sp³-hybridized carbons (Fsp3) is 0.350. The Morgan fingerprint density at radius 3 is 2.74 bits per heavy atom. The van der Waals surface area contributed by atoms with Crippen LogP contribution in [0.5, 0.6) is 0 Å². The summed E-state index contributed by atoms with van der Waals surface area (Å²) in [5, 5.41) is 2.37. The topological polar surface area (TPSA) is 33.5 Å². The quantitative estimate of drug-likeness (QED) is 0.806. The van der Waals surface area contributed by atoms with Crippen molar-refractivity contribution in [3.05, 3.63) is 64.2 Å². The molecule has 0 saturated carbocycles. The molecule has 1 aliphatic rings. The molecule has 1 aliphatic carbocycles. The molecular formula is C20H21ClF3N2O+. The molecule has 2 N–H and O–H groups in total. The van der Waals surface area contributed by atoms with E-state index in [4.69, 9.17) is 11.6 Å². The molecule has 144 valence electrons. The normalized spacial score (nSPS) is 17.9. The van der Waals surface area contributed by atoms with Crippen molar-refractivity contribution in [1.82, 2.24) is 0 Å². The van der Waals surface area contributed by atoms with Crippen LogP contribution in [-0.4, -0.2) is 19.5 Å². The standard InChI is InChI=1S/C20H20ClF3N2O/c1-26(18-8-4-6-13-5-2-3-7-15(13)18)12-19(27)25-17-10-9-14(21)11-16(17)20(22,23)24/h2-3,5,7,9-11,18H,4,6,8,12H2,1H3,(H,25,27)/p+1/t18-/m1/s1. The summed E-state index contributed by atoms with van der Waals surface area (Å²) in [7, 11) is 1.90. The van der Waals surface area contributed by atoms with Crippen molar-refractivity contribution in [2.45, 2.75) is 31.5 Å². The number of hydrogen-bond acceptors (Lipinski definition) is 1. The Hall–Kier alpha value is -2.05. The number of anilines is 1. The highest BCUT2D eigenvalue weighted by Crippen LogP contribution is 2.36. The van der Waals surface area contributed by atoms with Crippen LogP contribution in [0, 0.1) is 0 Å². The number of hydrogen-bond donors (Lipinski definition) is 2. The highest BCUT2D eigenvalue weighted by Gasteiger charge is 2.35. The average molecular weight is 398 g/mol. The second-order valence-corrected chi connectivity index (χ2v) is 7.34. The number of halogens is 4. The largest absolute Gasteiger partial charge is 0.418 e. The predicted molar refractivity (Wildman–Crippen MR) is 99.0 cm³/mol. The number of amides is 1. The summed E-state index contributed by atoms with van der Waals surface area (Å²) < 4.78 is 39.5. The number of quaternary nitrogens is 1. The summed E-state index contributed by atoms with van der Waals surface area (Å²) in [6.07, 6.45) is -1.58. The minimum atomic E-state index is -4.59. The minimum Gasteiger partial charge on any atom is -0.323 e. The third-order valence-corrected chi connectivity index (χ3v) is 5.20. The van der Waals surface area contributed by atoms with E-state index >= 15 is 0 Å². The molecule has 0 heterocycles. The number of alkyl halides is 3. The van der Waals surface area contributed by atoms with E-state index in [0.29, 0.717) is 0 Å². The van der Waals surface area contributed by atoms with Crippen molar-refractivity contribution in [3.63, 3.8) is 0 Å². The maximum atomic E-state index is 13.2. The Bertz CT molecular complexity index is 838. The van der Waals surface area contributed by atoms with Crippen LogP contribution >= 0.6 is 11.6 Å². The molecule has 0 aromatic heterocycles. The second kappa shape index (κ2) is 7.90. The Balaban J connectivity index is 1.72. The first-order valence-electron chi connectivity index (χ1n) is 8.82. The van der Waals surface area contributed by atoms with Crippen LogP contribution in [0.15, 0.2) is 42.5 Å². The van der Waals surface area contributed by atoms with Crippen LogP contribution in [-0.2, 0) is 17.4 Å². The molecular weight excluding hydrogens is 377 g/mol. The maximum Gasteiger partial charge on any atom is 0.418 e. The summed E-state index contributed by atoms with van der Waals surface area (Å²) >= 11 is 5.68. The van der Waals surface area contributed by atoms with E-state index in [1.165, 1.54) is 23.3 Å². The first-order chi connectivity index (χ1) is 12.8. The lowest BCUT2D eigenvalue weighted by atomic mass is 9.87. The fourth-order valence-corrected chi connectivity index (χ4v) is 3.87. The zero-order valence-corrected chi connectivity index (χ0v) is 15.6. The third-order valence-electron chi connectivity index (χ3n) is 4.96. The van der Waals surface area contributed by atoms with E-state index in [-0.39, 0.29) is 23.3 Å². The zero-order valence-electron chi connectivity index (χ0n) is 14.9. The van der Waals surface area contributed by atoms with Crippen LogP contribution in [0.1, 0.15) is 35.6 Å². The Kier molecular flexibility index (Phi) is 5.77. The Labute approximate surface area is 161 Å². The van der Waals surface area contributed by atoms with Gasteiger partial charge >= 0.3 is 6.18 Å². The van der Waals surface area contributed by atoms with Crippen LogP contribution < -0.4 is 10.2 Å². The molecule has 3 nitrogen and oxygen atoms in total. The van der Waals surface area contributed by atoms with E-state index in [0.717, 1.165) is 30.2 Å². The molecule has 1 unspecified atom stereocenters. The third kappa shape index (κ3) is 4.62. The van der Waals surface area contributed by atoms with Crippen LogP contribution in [0.3, 0.4) is 0 Å². The van der Waals surface area contributed by atoms with Gasteiger partial charge in [0, 0.05) is 17.0 Å². The molecule has 27 heavy (non-hydrogen) atoms. The summed E-state index contributed by atoms with van der Waals surface area (Å²) in [6, 6.07) is 11.7. The van der Waals surface area contributed by atoms with Crippen molar-refractivity contribution in [3.8, 4) is 0 Å². The lowest BCUT2D eigenvalue weighted by molar-refractivity contribution is -0.905. The van der Waals surface area contributed by atoms with Gasteiger partial charge in [0.2, 0.25) is 0 Å². The van der Waals surface area contributed by atoms with Crippen molar-refractivity contribution in [2.24, 2.45) is 0 Å². The second-order valence-electron chi connectivity index (χ2n) is 6.90. The molecule has 0 fully saturated rings. The monoisotopic (exact) mass is 397 g/mol. The number of nitrogens with one attached hydrogen (secondary N) is 2. The number of aryl methyl sites for hydroxylation is 1. The van der Waals surface area contributed by atoms with Gasteiger partial charge in [0.25, 0.3) is 5.91 Å². The number of carbonyl (C=O) groups excluding carboxylic acids is 1. The van der Waals surface area contributed by atoms with Gasteiger partial charge in [-0.15, -0.1) is 0 Å². The van der Waals surface area contributed by atoms with Crippen molar-refractivity contribution in [1.29, 1.82) is 0 Å². The van der Waals surface area contributed by atoms with Gasteiger partial charge in [-0.25, -0.2) is 0 Å². The number of benzene rings is 2. The van der Waals surface area contributed by atoms with Crippen molar-refractivity contribution >= 4 is 23.2 Å². The van der Waals surface area contributed by atoms with Gasteiger partial charge in [0.05, 0.1) is 18.3 Å². The molecule has 3 rings (SSSR count). The lowest BCUT2D eigenvalue weighted by Crippen LogP contribution is -3.10. The lowest BCUT2D eigenvalue weighted by Gasteiger charge is -2.30. The predicted octanol–water partition coefficient (Wildman–Crippen LogP) is 3.89. The van der Waals surface area contributed by atoms with Crippen molar-refractivity contribution < 1.29 is 22.9 Å². The van der Waals surface area contributed by atoms with Gasteiger partial charge in [-0.2, -0.15) is 13.2 Å². The summed E-state index contributed by atoms with van der Waals surface area (Å²) in [5.41, 5.74) is 1.29. The van der Waals surface area contributed by atoms with Gasteiger partial charge in [-0.1, -0.05) is 35.9 Å². The average Bonchev–Trinajstić information content (AvgIpc) is 2.61. The van der Waals surface area contributed by atoms with Crippen molar-refractivity contribution in [2.75, 3.05) is 18.9 Å². The Morgan fingerprint density at radius 2 is 2.00 bits per heavy atom.